The predicted molar refractivity (Wildman–Crippen MR) is 69.8 cm³/mol. The zero-order chi connectivity index (χ0) is 13.8. The minimum atomic E-state index is -3.18. The van der Waals surface area contributed by atoms with Gasteiger partial charge in [0.1, 0.15) is 6.35 Å². The van der Waals surface area contributed by atoms with Crippen LogP contribution >= 0.6 is 7.60 Å². The first-order chi connectivity index (χ1) is 8.31. The summed E-state index contributed by atoms with van der Waals surface area (Å²) in [5.41, 5.74) is 0. The van der Waals surface area contributed by atoms with Crippen LogP contribution in [0.5, 0.6) is 0 Å². The summed E-state index contributed by atoms with van der Waals surface area (Å²) in [5, 5.41) is 0. The summed E-state index contributed by atoms with van der Waals surface area (Å²) in [6.45, 7) is 9.87. The van der Waals surface area contributed by atoms with Gasteiger partial charge in [0.2, 0.25) is 0 Å². The molecule has 0 amide bonds. The second-order valence-corrected chi connectivity index (χ2v) is 7.12. The molecule has 0 aromatic carbocycles. The third kappa shape index (κ3) is 5.81. The fraction of sp³-hybridized carbons (Fsp3) is 1.00. The Labute approximate surface area is 110 Å². The molecule has 2 atom stereocenters. The molecule has 1 saturated heterocycles. The summed E-state index contributed by atoms with van der Waals surface area (Å²) in [5.74, 6) is 0. The zero-order valence-electron chi connectivity index (χ0n) is 11.9. The monoisotopic (exact) mass is 280 g/mol. The largest absolute Gasteiger partial charge is 0.376 e. The quantitative estimate of drug-likeness (QED) is 0.670. The Morgan fingerprint density at radius 3 is 2.17 bits per heavy atom. The molecule has 108 valence electrons. The molecule has 0 aliphatic carbocycles. The molecule has 1 rings (SSSR count). The van der Waals surface area contributed by atoms with Crippen LogP contribution in [0.3, 0.4) is 0 Å². The summed E-state index contributed by atoms with van der Waals surface area (Å²) in [6, 6.07) is 0. The van der Waals surface area contributed by atoms with Gasteiger partial charge < -0.3 is 18.5 Å². The fourth-order valence-corrected chi connectivity index (χ4v) is 3.67. The minimum Gasteiger partial charge on any atom is -0.376 e. The highest BCUT2D eigenvalue weighted by molar-refractivity contribution is 7.53. The Morgan fingerprint density at radius 2 is 1.78 bits per heavy atom. The van der Waals surface area contributed by atoms with E-state index in [1.54, 1.807) is 0 Å². The van der Waals surface area contributed by atoms with Crippen LogP contribution in [-0.4, -0.2) is 37.4 Å². The van der Waals surface area contributed by atoms with E-state index in [4.69, 9.17) is 18.5 Å². The molecule has 6 heteroatoms. The molecule has 1 aliphatic rings. The first kappa shape index (κ1) is 16.1. The molecule has 1 unspecified atom stereocenters. The number of hydrogen-bond acceptors (Lipinski definition) is 5. The van der Waals surface area contributed by atoms with E-state index in [1.165, 1.54) is 0 Å². The van der Waals surface area contributed by atoms with E-state index in [9.17, 15) is 4.57 Å². The fourth-order valence-electron chi connectivity index (χ4n) is 1.82. The van der Waals surface area contributed by atoms with Crippen molar-refractivity contribution in [3.8, 4) is 0 Å². The third-order valence-corrected chi connectivity index (χ3v) is 4.32. The number of rotatable bonds is 7. The molecule has 1 heterocycles. The molecule has 0 radical (unpaired) electrons. The maximum atomic E-state index is 12.5. The lowest BCUT2D eigenvalue weighted by atomic mass is 10.2. The van der Waals surface area contributed by atoms with Crippen molar-refractivity contribution in [3.05, 3.63) is 0 Å². The molecular formula is C12H25O5P. The van der Waals surface area contributed by atoms with E-state index in [-0.39, 0.29) is 30.8 Å². The average Bonchev–Trinajstić information content (AvgIpc) is 2.59. The SMILES string of the molecule is CC(C)OP(=O)(CO[C@H]1COC(C)C1)OC(C)C. The highest BCUT2D eigenvalue weighted by atomic mass is 31.2. The van der Waals surface area contributed by atoms with Crippen molar-refractivity contribution in [2.75, 3.05) is 13.0 Å². The van der Waals surface area contributed by atoms with Crippen molar-refractivity contribution in [1.82, 2.24) is 0 Å². The maximum absolute atomic E-state index is 12.5. The average molecular weight is 280 g/mol. The van der Waals surface area contributed by atoms with E-state index < -0.39 is 7.60 Å². The van der Waals surface area contributed by atoms with Crippen LogP contribution in [-0.2, 0) is 23.1 Å². The number of ether oxygens (including phenoxy) is 2. The Bertz CT molecular complexity index is 278. The van der Waals surface area contributed by atoms with E-state index in [2.05, 4.69) is 0 Å². The predicted octanol–water partition coefficient (Wildman–Crippen LogP) is 3.18. The van der Waals surface area contributed by atoms with Crippen LogP contribution in [0, 0.1) is 0 Å². The van der Waals surface area contributed by atoms with Crippen molar-refractivity contribution in [2.45, 2.75) is 65.5 Å². The minimum absolute atomic E-state index is 0.00981. The third-order valence-electron chi connectivity index (χ3n) is 2.37. The van der Waals surface area contributed by atoms with Gasteiger partial charge in [0, 0.05) is 6.42 Å². The molecule has 0 N–H and O–H groups in total. The molecule has 0 spiro atoms. The van der Waals surface area contributed by atoms with Gasteiger partial charge >= 0.3 is 7.60 Å². The number of hydrogen-bond donors (Lipinski definition) is 0. The van der Waals surface area contributed by atoms with Crippen molar-refractivity contribution in [1.29, 1.82) is 0 Å². The molecule has 0 bridgehead atoms. The van der Waals surface area contributed by atoms with Crippen LogP contribution in [0.1, 0.15) is 41.0 Å². The Kier molecular flexibility index (Phi) is 6.28. The smallest absolute Gasteiger partial charge is 0.356 e. The van der Waals surface area contributed by atoms with E-state index in [0.717, 1.165) is 6.42 Å². The van der Waals surface area contributed by atoms with Crippen molar-refractivity contribution in [3.63, 3.8) is 0 Å². The second kappa shape index (κ2) is 7.01. The van der Waals surface area contributed by atoms with Gasteiger partial charge in [-0.25, -0.2) is 0 Å². The van der Waals surface area contributed by atoms with Crippen LogP contribution in [0.2, 0.25) is 0 Å². The van der Waals surface area contributed by atoms with Gasteiger partial charge in [-0.15, -0.1) is 0 Å². The first-order valence-corrected chi connectivity index (χ1v) is 8.22. The van der Waals surface area contributed by atoms with E-state index >= 15 is 0 Å². The summed E-state index contributed by atoms with van der Waals surface area (Å²) >= 11 is 0. The van der Waals surface area contributed by atoms with Crippen molar-refractivity contribution in [2.24, 2.45) is 0 Å². The van der Waals surface area contributed by atoms with Crippen molar-refractivity contribution >= 4 is 7.60 Å². The van der Waals surface area contributed by atoms with Gasteiger partial charge in [-0.1, -0.05) is 0 Å². The molecule has 1 aliphatic heterocycles. The van der Waals surface area contributed by atoms with Crippen LogP contribution in [0.15, 0.2) is 0 Å². The zero-order valence-corrected chi connectivity index (χ0v) is 12.8. The van der Waals surface area contributed by atoms with Crippen LogP contribution in [0.25, 0.3) is 0 Å². The summed E-state index contributed by atoms with van der Waals surface area (Å²) in [7, 11) is -3.18. The van der Waals surface area contributed by atoms with Gasteiger partial charge in [-0.2, -0.15) is 0 Å². The lowest BCUT2D eigenvalue weighted by molar-refractivity contribution is 0.0418. The standard InChI is InChI=1S/C12H25O5P/c1-9(2)16-18(13,17-10(3)4)8-15-12-6-11(5)14-7-12/h9-12H,6-8H2,1-5H3/t11?,12-/m1/s1. The topological polar surface area (TPSA) is 54.0 Å². The van der Waals surface area contributed by atoms with E-state index in [1.807, 2.05) is 34.6 Å². The molecule has 0 saturated carbocycles. The molecule has 0 aromatic rings. The van der Waals surface area contributed by atoms with Gasteiger partial charge in [0.25, 0.3) is 0 Å². The molecule has 5 nitrogen and oxygen atoms in total. The highest BCUT2D eigenvalue weighted by Crippen LogP contribution is 2.50. The van der Waals surface area contributed by atoms with Crippen molar-refractivity contribution < 1.29 is 23.1 Å². The Hall–Kier alpha value is 0.0700. The van der Waals surface area contributed by atoms with Gasteiger partial charge in [-0.3, -0.25) is 4.57 Å². The van der Waals surface area contributed by atoms with Gasteiger partial charge in [0.05, 0.1) is 31.0 Å². The summed E-state index contributed by atoms with van der Waals surface area (Å²) in [6.07, 6.45) is 0.688. The summed E-state index contributed by atoms with van der Waals surface area (Å²) < 4.78 is 34.3. The maximum Gasteiger partial charge on any atom is 0.356 e. The Balaban J connectivity index is 2.48. The van der Waals surface area contributed by atoms with Crippen LogP contribution in [0.4, 0.5) is 0 Å². The molecule has 18 heavy (non-hydrogen) atoms. The second-order valence-electron chi connectivity index (χ2n) is 5.22. The molecule has 1 fully saturated rings. The molecular weight excluding hydrogens is 255 g/mol. The first-order valence-electron chi connectivity index (χ1n) is 6.50. The normalized spacial score (nSPS) is 25.3. The van der Waals surface area contributed by atoms with Gasteiger partial charge in [0.15, 0.2) is 0 Å². The lowest BCUT2D eigenvalue weighted by Crippen LogP contribution is -2.17. The highest BCUT2D eigenvalue weighted by Gasteiger charge is 2.31. The van der Waals surface area contributed by atoms with E-state index in [0.29, 0.717) is 6.61 Å². The lowest BCUT2D eigenvalue weighted by Gasteiger charge is -2.23. The molecule has 0 aromatic heterocycles. The summed E-state index contributed by atoms with van der Waals surface area (Å²) in [4.78, 5) is 0. The van der Waals surface area contributed by atoms with Crippen LogP contribution < -0.4 is 0 Å². The Morgan fingerprint density at radius 1 is 1.22 bits per heavy atom. The van der Waals surface area contributed by atoms with Gasteiger partial charge in [-0.05, 0) is 34.6 Å².